The number of pyridine rings is 1. The monoisotopic (exact) mass is 642 g/mol. The van der Waals surface area contributed by atoms with Crippen molar-refractivity contribution in [2.75, 3.05) is 60.3 Å². The van der Waals surface area contributed by atoms with Crippen molar-refractivity contribution in [2.24, 2.45) is 0 Å². The van der Waals surface area contributed by atoms with Crippen molar-refractivity contribution in [3.63, 3.8) is 0 Å². The average Bonchev–Trinajstić information content (AvgIpc) is 3.64. The molecule has 2 aliphatic heterocycles. The van der Waals surface area contributed by atoms with Gasteiger partial charge >= 0.3 is 0 Å². The van der Waals surface area contributed by atoms with E-state index in [1.54, 1.807) is 6.20 Å². The Morgan fingerprint density at radius 3 is 2.36 bits per heavy atom. The van der Waals surface area contributed by atoms with Crippen molar-refractivity contribution in [1.29, 1.82) is 0 Å². The van der Waals surface area contributed by atoms with Gasteiger partial charge in [0.05, 0.1) is 25.0 Å². The van der Waals surface area contributed by atoms with Crippen LogP contribution < -0.4 is 20.4 Å². The van der Waals surface area contributed by atoms with E-state index in [-0.39, 0.29) is 6.10 Å². The van der Waals surface area contributed by atoms with E-state index < -0.39 is 0 Å². The second-order valence-electron chi connectivity index (χ2n) is 9.97. The number of morpholine rings is 1. The van der Waals surface area contributed by atoms with Crippen LogP contribution in [-0.2, 0) is 9.53 Å². The molecule has 3 fully saturated rings. The maximum absolute atomic E-state index is 9.80. The third kappa shape index (κ3) is 10.8. The van der Waals surface area contributed by atoms with E-state index in [2.05, 4.69) is 77.7 Å². The Hall–Kier alpha value is -5.46. The van der Waals surface area contributed by atoms with Crippen molar-refractivity contribution in [2.45, 2.75) is 37.7 Å². The van der Waals surface area contributed by atoms with Gasteiger partial charge in [-0.15, -0.1) is 26.0 Å². The Morgan fingerprint density at radius 2 is 1.72 bits per heavy atom. The third-order valence-corrected chi connectivity index (χ3v) is 6.99. The van der Waals surface area contributed by atoms with Crippen LogP contribution in [0, 0.1) is 12.8 Å². The summed E-state index contributed by atoms with van der Waals surface area (Å²) in [5, 5.41) is 20.2. The molecule has 0 bridgehead atoms. The number of aliphatic hydroxyl groups excluding tert-OH is 1. The van der Waals surface area contributed by atoms with Crippen LogP contribution in [0.4, 0.5) is 29.5 Å². The molecule has 248 valence electrons. The normalized spacial score (nSPS) is 16.3. The number of H-pyrrole nitrogens is 1. The van der Waals surface area contributed by atoms with E-state index in [1.807, 2.05) is 18.2 Å². The molecule has 4 N–H and O–H groups in total. The number of nitrogens with zero attached hydrogens (tertiary/aromatic N) is 9. The summed E-state index contributed by atoms with van der Waals surface area (Å²) in [6.07, 6.45) is 19.5. The van der Waals surface area contributed by atoms with E-state index in [0.29, 0.717) is 49.1 Å². The van der Waals surface area contributed by atoms with Crippen LogP contribution in [0.2, 0.25) is 0 Å². The van der Waals surface area contributed by atoms with Gasteiger partial charge in [-0.1, -0.05) is 6.07 Å². The fraction of sp³-hybridized carbons (Fsp3) is 0.375. The molecule has 2 saturated heterocycles. The van der Waals surface area contributed by atoms with Crippen LogP contribution >= 0.6 is 0 Å². The highest BCUT2D eigenvalue weighted by Crippen LogP contribution is 2.39. The standard InChI is InChI=1S/C22H27N9O.C5H5N3O.C2H4.C2H2.CH4O/c1-2-8-23-16(5-1)18-14-31(11-12-32-18)22-26-20(25-21(27-22)30-9-3-4-10-30)24-19-13-17(28-29-19)15-6-7-15;9-4-8-5-3-6-1-2-7-5;3*1-2/h1-2,5,8,13,15,18H,3-4,6-7,9-12,14H2,(H2,24,25,26,27,28,29);1-4H,(H,7,8,9);1-2H2;1-2H;2H,1H3. The summed E-state index contributed by atoms with van der Waals surface area (Å²) in [4.78, 5) is 40.5. The zero-order valence-corrected chi connectivity index (χ0v) is 26.6. The summed E-state index contributed by atoms with van der Waals surface area (Å²) < 4.78 is 5.99. The van der Waals surface area contributed by atoms with Gasteiger partial charge in [0.15, 0.2) is 11.6 Å². The van der Waals surface area contributed by atoms with Crippen LogP contribution in [0.3, 0.4) is 0 Å². The minimum Gasteiger partial charge on any atom is -0.400 e. The Kier molecular flexibility index (Phi) is 15.2. The summed E-state index contributed by atoms with van der Waals surface area (Å²) in [7, 11) is 1.00. The summed E-state index contributed by atoms with van der Waals surface area (Å²) in [5.41, 5.74) is 2.10. The Labute approximate surface area is 275 Å². The molecule has 1 unspecified atom stereocenters. The number of rotatable bonds is 8. The zero-order chi connectivity index (χ0) is 33.9. The van der Waals surface area contributed by atoms with Gasteiger partial charge in [0.2, 0.25) is 24.3 Å². The number of nitrogens with one attached hydrogen (secondary N) is 3. The van der Waals surface area contributed by atoms with Crippen molar-refractivity contribution in [3.05, 3.63) is 73.6 Å². The Balaban J connectivity index is 0.000000339. The van der Waals surface area contributed by atoms with E-state index >= 15 is 0 Å². The van der Waals surface area contributed by atoms with Crippen molar-refractivity contribution < 1.29 is 14.6 Å². The van der Waals surface area contributed by atoms with Gasteiger partial charge in [0, 0.05) is 63.0 Å². The molecule has 1 atom stereocenters. The second kappa shape index (κ2) is 19.8. The van der Waals surface area contributed by atoms with E-state index in [0.717, 1.165) is 51.1 Å². The summed E-state index contributed by atoms with van der Waals surface area (Å²) in [5.74, 6) is 3.72. The van der Waals surface area contributed by atoms with E-state index in [4.69, 9.17) is 24.8 Å². The molecule has 15 nitrogen and oxygen atoms in total. The molecule has 7 rings (SSSR count). The van der Waals surface area contributed by atoms with Gasteiger partial charge in [0.1, 0.15) is 6.10 Å². The minimum atomic E-state index is -0.110. The predicted molar refractivity (Wildman–Crippen MR) is 181 cm³/mol. The van der Waals surface area contributed by atoms with Gasteiger partial charge in [-0.05, 0) is 37.8 Å². The van der Waals surface area contributed by atoms with Gasteiger partial charge in [-0.25, -0.2) is 4.98 Å². The molecule has 15 heteroatoms. The Morgan fingerprint density at radius 1 is 0.979 bits per heavy atom. The van der Waals surface area contributed by atoms with Crippen LogP contribution in [0.15, 0.2) is 62.2 Å². The number of hydrogen-bond acceptors (Lipinski definition) is 13. The first-order valence-electron chi connectivity index (χ1n) is 15.1. The number of amides is 1. The SMILES string of the molecule is C#C.C=C.CO.O=CNc1cnccn1.c1ccc(C2CN(c3nc(Nc4cc(C5CC5)[nH]n4)nc(N4CCCC4)n3)CCO2)nc1. The average molecular weight is 643 g/mol. The lowest BCUT2D eigenvalue weighted by Crippen LogP contribution is -2.40. The van der Waals surface area contributed by atoms with Crippen LogP contribution in [0.5, 0.6) is 0 Å². The lowest BCUT2D eigenvalue weighted by molar-refractivity contribution is -0.105. The van der Waals surface area contributed by atoms with Gasteiger partial charge in [-0.2, -0.15) is 20.1 Å². The number of carbonyl (C=O) groups excluding carboxylic acids is 1. The number of carbonyl (C=O) groups is 1. The topological polar surface area (TPSA) is 183 Å². The molecule has 4 aromatic heterocycles. The molecule has 0 aromatic carbocycles. The molecule has 1 amide bonds. The van der Waals surface area contributed by atoms with Crippen molar-refractivity contribution in [1.82, 2.24) is 40.1 Å². The molecule has 0 spiro atoms. The zero-order valence-electron chi connectivity index (χ0n) is 26.6. The van der Waals surface area contributed by atoms with Crippen LogP contribution in [0.1, 0.15) is 49.1 Å². The first kappa shape index (κ1) is 36.0. The maximum Gasteiger partial charge on any atom is 0.235 e. The Bertz CT molecular complexity index is 1480. The molecule has 4 aromatic rings. The third-order valence-electron chi connectivity index (χ3n) is 6.99. The highest BCUT2D eigenvalue weighted by Gasteiger charge is 2.28. The van der Waals surface area contributed by atoms with Gasteiger partial charge in [-0.3, -0.25) is 19.9 Å². The largest absolute Gasteiger partial charge is 0.400 e. The molecule has 6 heterocycles. The lowest BCUT2D eigenvalue weighted by atomic mass is 10.2. The number of anilines is 5. The van der Waals surface area contributed by atoms with Gasteiger partial charge in [0.25, 0.3) is 0 Å². The number of hydrogen-bond donors (Lipinski definition) is 4. The summed E-state index contributed by atoms with van der Waals surface area (Å²) in [6, 6.07) is 7.96. The summed E-state index contributed by atoms with van der Waals surface area (Å²) in [6.45, 7) is 9.90. The minimum absolute atomic E-state index is 0.110. The van der Waals surface area contributed by atoms with Crippen LogP contribution in [-0.4, -0.2) is 91.5 Å². The lowest BCUT2D eigenvalue weighted by Gasteiger charge is -2.33. The molecule has 47 heavy (non-hydrogen) atoms. The number of terminal acetylenes is 1. The quantitative estimate of drug-likeness (QED) is 0.125. The van der Waals surface area contributed by atoms with E-state index in [1.165, 1.54) is 37.1 Å². The highest BCUT2D eigenvalue weighted by atomic mass is 16.5. The van der Waals surface area contributed by atoms with Gasteiger partial charge < -0.3 is 30.3 Å². The second-order valence-corrected chi connectivity index (χ2v) is 9.97. The number of aliphatic hydroxyl groups is 1. The predicted octanol–water partition coefficient (Wildman–Crippen LogP) is 3.49. The van der Waals surface area contributed by atoms with Crippen molar-refractivity contribution >= 4 is 35.9 Å². The molecular weight excluding hydrogens is 600 g/mol. The fourth-order valence-corrected chi connectivity index (χ4v) is 4.74. The molecule has 1 aliphatic carbocycles. The number of aromatic amines is 1. The maximum atomic E-state index is 9.80. The van der Waals surface area contributed by atoms with Crippen molar-refractivity contribution in [3.8, 4) is 12.8 Å². The number of aromatic nitrogens is 8. The number of ether oxygens (including phenoxy) is 1. The summed E-state index contributed by atoms with van der Waals surface area (Å²) >= 11 is 0. The molecular formula is C32H42N12O3. The molecule has 0 radical (unpaired) electrons. The first-order chi connectivity index (χ1) is 23.2. The highest BCUT2D eigenvalue weighted by molar-refractivity contribution is 5.67. The van der Waals surface area contributed by atoms with Crippen LogP contribution in [0.25, 0.3) is 0 Å². The fourth-order valence-electron chi connectivity index (χ4n) is 4.74. The smallest absolute Gasteiger partial charge is 0.235 e. The molecule has 1 saturated carbocycles. The van der Waals surface area contributed by atoms with E-state index in [9.17, 15) is 4.79 Å². The first-order valence-corrected chi connectivity index (χ1v) is 15.1. The molecule has 3 aliphatic rings.